The van der Waals surface area contributed by atoms with E-state index in [4.69, 9.17) is 4.74 Å². The van der Waals surface area contributed by atoms with Gasteiger partial charge in [-0.15, -0.1) is 0 Å². The Morgan fingerprint density at radius 3 is 2.64 bits per heavy atom. The van der Waals surface area contributed by atoms with Crippen LogP contribution in [0.4, 0.5) is 15.8 Å². The predicted octanol–water partition coefficient (Wildman–Crippen LogP) is 7.60. The average Bonchev–Trinajstić information content (AvgIpc) is 3.74. The molecule has 290 valence electrons. The molecule has 4 aromatic rings. The van der Waals surface area contributed by atoms with Gasteiger partial charge in [0.2, 0.25) is 5.91 Å². The van der Waals surface area contributed by atoms with Crippen LogP contribution in [0.3, 0.4) is 0 Å². The molecule has 3 heterocycles. The van der Waals surface area contributed by atoms with E-state index in [1.807, 2.05) is 24.3 Å². The lowest BCUT2D eigenvalue weighted by Crippen LogP contribution is -2.54. The fraction of sp³-hybridized carbons (Fsp3) is 0.581. The highest BCUT2D eigenvalue weighted by Gasteiger charge is 2.60. The van der Waals surface area contributed by atoms with Gasteiger partial charge in [-0.3, -0.25) is 19.1 Å². The van der Waals surface area contributed by atoms with Crippen molar-refractivity contribution in [3.8, 4) is 0 Å². The van der Waals surface area contributed by atoms with Crippen LogP contribution in [0.1, 0.15) is 120 Å². The first-order valence-electron chi connectivity index (χ1n) is 20.4. The van der Waals surface area contributed by atoms with Crippen molar-refractivity contribution >= 4 is 33.8 Å². The summed E-state index contributed by atoms with van der Waals surface area (Å²) < 4.78 is 23.0. The number of ether oxygens (including phenoxy) is 1. The summed E-state index contributed by atoms with van der Waals surface area (Å²) in [5, 5.41) is 18.5. The smallest absolute Gasteiger partial charge is 0.272 e. The SMILES string of the molecule is Cn1ncnc1C1c2n[nH]c(=O)c3cc(F)cc(c23)NC1c1ccc(NC(=O)CCCCO[C@H]2CC[C@H]3[C@@H]4CC[C@H]5CC(=O)CC[C@]5(C)[C@H]4CC[C@]23C)cc1. The molecule has 9 rings (SSSR count). The molecule has 55 heavy (non-hydrogen) atoms. The number of hydrogen-bond acceptors (Lipinski definition) is 8. The number of nitrogens with one attached hydrogen (secondary N) is 3. The van der Waals surface area contributed by atoms with Gasteiger partial charge in [-0.05, 0) is 122 Å². The lowest BCUT2D eigenvalue weighted by atomic mass is 9.45. The number of amides is 1. The van der Waals surface area contributed by atoms with Gasteiger partial charge in [0.05, 0.1) is 29.1 Å². The maximum absolute atomic E-state index is 14.7. The number of unbranched alkanes of at least 4 members (excludes halogenated alkanes) is 1. The van der Waals surface area contributed by atoms with E-state index >= 15 is 0 Å². The van der Waals surface area contributed by atoms with Gasteiger partial charge in [-0.2, -0.15) is 10.2 Å². The molecule has 2 unspecified atom stereocenters. The first kappa shape index (κ1) is 36.2. The number of aromatic nitrogens is 5. The number of carbonyl (C=O) groups is 2. The molecule has 0 bridgehead atoms. The number of fused-ring (bicyclic) bond motifs is 5. The zero-order chi connectivity index (χ0) is 38.1. The van der Waals surface area contributed by atoms with E-state index in [0.29, 0.717) is 64.3 Å². The molecule has 4 aliphatic carbocycles. The minimum Gasteiger partial charge on any atom is -0.378 e. The molecule has 4 fully saturated rings. The zero-order valence-electron chi connectivity index (χ0n) is 32.1. The van der Waals surface area contributed by atoms with Crippen molar-refractivity contribution in [3.63, 3.8) is 0 Å². The third kappa shape index (κ3) is 6.19. The summed E-state index contributed by atoms with van der Waals surface area (Å²) in [7, 11) is 1.80. The van der Waals surface area contributed by atoms with Crippen LogP contribution >= 0.6 is 0 Å². The van der Waals surface area contributed by atoms with E-state index in [-0.39, 0.29) is 22.8 Å². The Balaban J connectivity index is 0.791. The Morgan fingerprint density at radius 2 is 1.84 bits per heavy atom. The molecule has 0 saturated heterocycles. The molecule has 9 atom stereocenters. The van der Waals surface area contributed by atoms with Crippen LogP contribution in [0.5, 0.6) is 0 Å². The van der Waals surface area contributed by atoms with Gasteiger partial charge in [0, 0.05) is 49.7 Å². The summed E-state index contributed by atoms with van der Waals surface area (Å²) in [6, 6.07) is 9.81. The van der Waals surface area contributed by atoms with Crippen LogP contribution in [0.25, 0.3) is 10.8 Å². The number of ketones is 1. The molecule has 2 aromatic carbocycles. The van der Waals surface area contributed by atoms with E-state index < -0.39 is 23.3 Å². The highest BCUT2D eigenvalue weighted by molar-refractivity contribution is 5.97. The normalized spacial score (nSPS) is 32.4. The highest BCUT2D eigenvalue weighted by Crippen LogP contribution is 2.66. The minimum atomic E-state index is -0.520. The number of aryl methyl sites for hydroxylation is 1. The Kier molecular flexibility index (Phi) is 9.17. The van der Waals surface area contributed by atoms with E-state index in [9.17, 15) is 18.8 Å². The Hall–Kier alpha value is -4.45. The predicted molar refractivity (Wildman–Crippen MR) is 207 cm³/mol. The molecular formula is C43H52FN7O4. The van der Waals surface area contributed by atoms with E-state index in [2.05, 4.69) is 44.8 Å². The number of anilines is 2. The van der Waals surface area contributed by atoms with Gasteiger partial charge in [0.15, 0.2) is 0 Å². The van der Waals surface area contributed by atoms with Crippen LogP contribution in [-0.2, 0) is 21.4 Å². The number of H-pyrrole nitrogens is 1. The molecular weight excluding hydrogens is 698 g/mol. The molecule has 3 N–H and O–H groups in total. The van der Waals surface area contributed by atoms with Crippen LogP contribution in [0.15, 0.2) is 47.5 Å². The number of halogens is 1. The molecule has 2 aromatic heterocycles. The van der Waals surface area contributed by atoms with E-state index in [1.165, 1.54) is 50.6 Å². The molecule has 5 aliphatic rings. The van der Waals surface area contributed by atoms with Gasteiger partial charge in [0.25, 0.3) is 5.56 Å². The largest absolute Gasteiger partial charge is 0.378 e. The summed E-state index contributed by atoms with van der Waals surface area (Å²) in [6.45, 7) is 5.67. The Morgan fingerprint density at radius 1 is 1.02 bits per heavy atom. The molecule has 1 amide bonds. The van der Waals surface area contributed by atoms with Crippen LogP contribution in [0, 0.1) is 40.3 Å². The standard InChI is InChI=1S/C43H52FN7O4/c1-42-17-15-28(52)20-25(42)9-12-29-31-13-14-34(43(31,2)18-16-32(29)42)55-19-5-4-6-35(53)47-27-10-7-24(8-11-27)38-37(40-45-23-46-51(40)3)39-36-30(41(54)50-49-39)21-26(44)22-33(36)48-38/h7-8,10-11,21-23,25,29,31-32,34,37-38,48H,4-6,9,12-20H2,1-3H3,(H,47,53)(H,50,54)/t25-,29-,31-,32-,34-,37?,38?,42-,43-/m0/s1. The average molecular weight is 750 g/mol. The molecule has 12 heteroatoms. The number of nitrogens with zero attached hydrogens (tertiary/aromatic N) is 4. The maximum atomic E-state index is 14.7. The third-order valence-electron chi connectivity index (χ3n) is 14.9. The van der Waals surface area contributed by atoms with Crippen molar-refractivity contribution in [1.82, 2.24) is 25.0 Å². The second-order valence-electron chi connectivity index (χ2n) is 17.7. The Bertz CT molecular complexity index is 2190. The van der Waals surface area contributed by atoms with Crippen LogP contribution in [-0.4, -0.2) is 49.4 Å². The fourth-order valence-electron chi connectivity index (χ4n) is 12.1. The molecule has 0 spiro atoms. The Labute approximate surface area is 320 Å². The number of benzene rings is 2. The summed E-state index contributed by atoms with van der Waals surface area (Å²) in [5.41, 5.74) is 2.73. The molecule has 11 nitrogen and oxygen atoms in total. The number of hydrogen-bond donors (Lipinski definition) is 3. The van der Waals surface area contributed by atoms with E-state index in [0.717, 1.165) is 55.9 Å². The fourth-order valence-corrected chi connectivity index (χ4v) is 12.1. The number of Topliss-reactive ketones (excluding diaryl/α,β-unsaturated/α-hetero) is 1. The van der Waals surface area contributed by atoms with Crippen LogP contribution in [0.2, 0.25) is 0 Å². The lowest BCUT2D eigenvalue weighted by Gasteiger charge is -2.60. The topological polar surface area (TPSA) is 144 Å². The maximum Gasteiger partial charge on any atom is 0.272 e. The van der Waals surface area contributed by atoms with Crippen molar-refractivity contribution in [2.24, 2.45) is 41.5 Å². The van der Waals surface area contributed by atoms with Gasteiger partial charge >= 0.3 is 0 Å². The second kappa shape index (κ2) is 13.9. The number of aromatic amines is 1. The van der Waals surface area contributed by atoms with Crippen molar-refractivity contribution in [2.75, 3.05) is 17.2 Å². The summed E-state index contributed by atoms with van der Waals surface area (Å²) in [5.74, 6) is 2.94. The first-order chi connectivity index (χ1) is 26.5. The molecule has 1 aliphatic heterocycles. The molecule has 4 saturated carbocycles. The first-order valence-corrected chi connectivity index (χ1v) is 20.4. The highest BCUT2D eigenvalue weighted by atomic mass is 19.1. The monoisotopic (exact) mass is 749 g/mol. The van der Waals surface area contributed by atoms with Gasteiger partial charge < -0.3 is 15.4 Å². The second-order valence-corrected chi connectivity index (χ2v) is 17.7. The summed E-state index contributed by atoms with van der Waals surface area (Å²) >= 11 is 0. The van der Waals surface area contributed by atoms with Crippen LogP contribution < -0.4 is 16.2 Å². The van der Waals surface area contributed by atoms with Crippen molar-refractivity contribution in [1.29, 1.82) is 0 Å². The van der Waals surface area contributed by atoms with Gasteiger partial charge in [0.1, 0.15) is 23.8 Å². The zero-order valence-corrected chi connectivity index (χ0v) is 32.1. The lowest BCUT2D eigenvalue weighted by molar-refractivity contribution is -0.145. The molecule has 0 radical (unpaired) electrons. The third-order valence-corrected chi connectivity index (χ3v) is 14.9. The van der Waals surface area contributed by atoms with Gasteiger partial charge in [-0.25, -0.2) is 14.5 Å². The number of rotatable bonds is 9. The summed E-state index contributed by atoms with van der Waals surface area (Å²) in [4.78, 5) is 42.4. The van der Waals surface area contributed by atoms with Crippen molar-refractivity contribution in [2.45, 2.75) is 109 Å². The van der Waals surface area contributed by atoms with Crippen molar-refractivity contribution in [3.05, 3.63) is 76.0 Å². The van der Waals surface area contributed by atoms with E-state index in [1.54, 1.807) is 11.7 Å². The quantitative estimate of drug-likeness (QED) is 0.149. The number of carbonyl (C=O) groups excluding carboxylic acids is 2. The van der Waals surface area contributed by atoms with Gasteiger partial charge in [-0.1, -0.05) is 26.0 Å². The summed E-state index contributed by atoms with van der Waals surface area (Å²) in [6.07, 6.45) is 13.8. The van der Waals surface area contributed by atoms with Crippen molar-refractivity contribution < 1.29 is 18.7 Å². The minimum absolute atomic E-state index is 0.0375.